The maximum atomic E-state index is 13.2. The average Bonchev–Trinajstić information content (AvgIpc) is 3.22. The molecule has 0 saturated carbocycles. The second kappa shape index (κ2) is 8.67. The van der Waals surface area contributed by atoms with Crippen LogP contribution in [0.1, 0.15) is 46.6 Å². The van der Waals surface area contributed by atoms with E-state index >= 15 is 0 Å². The molecule has 0 aliphatic carbocycles. The van der Waals surface area contributed by atoms with Gasteiger partial charge in [-0.2, -0.15) is 0 Å². The van der Waals surface area contributed by atoms with Gasteiger partial charge in [0.2, 0.25) is 5.91 Å². The van der Waals surface area contributed by atoms with Crippen LogP contribution in [0.5, 0.6) is 0 Å². The number of benzene rings is 1. The van der Waals surface area contributed by atoms with Crippen LogP contribution < -0.4 is 5.32 Å². The van der Waals surface area contributed by atoms with Gasteiger partial charge >= 0.3 is 0 Å². The third-order valence-electron chi connectivity index (χ3n) is 5.32. The summed E-state index contributed by atoms with van der Waals surface area (Å²) in [7, 11) is 1.79. The van der Waals surface area contributed by atoms with Crippen LogP contribution in [-0.2, 0) is 4.79 Å². The lowest BCUT2D eigenvalue weighted by Crippen LogP contribution is -2.46. The summed E-state index contributed by atoms with van der Waals surface area (Å²) < 4.78 is 0. The first-order chi connectivity index (χ1) is 13.1. The Bertz CT molecular complexity index is 786. The molecule has 0 bridgehead atoms. The molecule has 0 saturated heterocycles. The van der Waals surface area contributed by atoms with Gasteiger partial charge in [-0.1, -0.05) is 38.1 Å². The second-order valence-corrected chi connectivity index (χ2v) is 7.74. The van der Waals surface area contributed by atoms with E-state index in [1.807, 2.05) is 41.8 Å². The van der Waals surface area contributed by atoms with E-state index in [-0.39, 0.29) is 17.9 Å². The maximum absolute atomic E-state index is 13.2. The van der Waals surface area contributed by atoms with E-state index in [0.29, 0.717) is 12.1 Å². The van der Waals surface area contributed by atoms with Crippen LogP contribution in [0.25, 0.3) is 0 Å². The molecule has 2 amide bonds. The normalized spacial score (nSPS) is 19.3. The minimum Gasteiger partial charge on any atom is -0.354 e. The molecule has 5 nitrogen and oxygen atoms in total. The van der Waals surface area contributed by atoms with Crippen molar-refractivity contribution in [2.45, 2.75) is 25.8 Å². The summed E-state index contributed by atoms with van der Waals surface area (Å²) in [4.78, 5) is 31.1. The summed E-state index contributed by atoms with van der Waals surface area (Å²) in [5, 5.41) is 5.10. The fourth-order valence-electron chi connectivity index (χ4n) is 3.76. The van der Waals surface area contributed by atoms with E-state index in [9.17, 15) is 9.59 Å². The van der Waals surface area contributed by atoms with Crippen LogP contribution in [0.3, 0.4) is 0 Å². The molecule has 0 spiro atoms. The highest BCUT2D eigenvalue weighted by atomic mass is 32.1. The van der Waals surface area contributed by atoms with Crippen molar-refractivity contribution in [2.75, 3.05) is 33.2 Å². The summed E-state index contributed by atoms with van der Waals surface area (Å²) in [6.45, 7) is 7.60. The number of fused-ring (bicyclic) bond motifs is 1. The predicted octanol–water partition coefficient (Wildman–Crippen LogP) is 3.12. The zero-order valence-electron chi connectivity index (χ0n) is 16.1. The molecule has 1 aromatic carbocycles. The first-order valence-corrected chi connectivity index (χ1v) is 10.4. The third-order valence-corrected chi connectivity index (χ3v) is 6.26. The van der Waals surface area contributed by atoms with Gasteiger partial charge in [-0.3, -0.25) is 9.59 Å². The number of rotatable bonds is 7. The lowest BCUT2D eigenvalue weighted by molar-refractivity contribution is -0.124. The smallest absolute Gasteiger partial charge is 0.254 e. The Morgan fingerprint density at radius 3 is 2.59 bits per heavy atom. The largest absolute Gasteiger partial charge is 0.354 e. The molecule has 144 valence electrons. The molecule has 0 fully saturated rings. The topological polar surface area (TPSA) is 52.7 Å². The second-order valence-electron chi connectivity index (χ2n) is 6.76. The van der Waals surface area contributed by atoms with Crippen molar-refractivity contribution in [1.29, 1.82) is 0 Å². The lowest BCUT2D eigenvalue weighted by atomic mass is 9.82. The van der Waals surface area contributed by atoms with Crippen molar-refractivity contribution < 1.29 is 9.59 Å². The number of nitrogens with zero attached hydrogens (tertiary/aromatic N) is 2. The minimum absolute atomic E-state index is 0.0210. The Labute approximate surface area is 165 Å². The molecule has 2 atom stereocenters. The molecule has 0 radical (unpaired) electrons. The number of thiophene rings is 1. The molecule has 1 aliphatic heterocycles. The Hall–Kier alpha value is -2.18. The number of likely N-dealkylation sites (N-methyl/N-ethyl adjacent to an activating group) is 2. The maximum Gasteiger partial charge on any atom is 0.254 e. The molecule has 3 rings (SSSR count). The van der Waals surface area contributed by atoms with E-state index in [1.165, 1.54) is 0 Å². The van der Waals surface area contributed by atoms with Gasteiger partial charge in [-0.15, -0.1) is 11.3 Å². The van der Waals surface area contributed by atoms with E-state index in [0.717, 1.165) is 30.1 Å². The minimum atomic E-state index is -0.403. The quantitative estimate of drug-likeness (QED) is 0.797. The molecule has 0 unspecified atom stereocenters. The molecule has 27 heavy (non-hydrogen) atoms. The lowest BCUT2D eigenvalue weighted by Gasteiger charge is -2.39. The Morgan fingerprint density at radius 1 is 1.19 bits per heavy atom. The molecular weight excluding hydrogens is 358 g/mol. The van der Waals surface area contributed by atoms with Crippen molar-refractivity contribution in [2.24, 2.45) is 0 Å². The number of hydrogen-bond acceptors (Lipinski definition) is 4. The van der Waals surface area contributed by atoms with Crippen LogP contribution in [0.4, 0.5) is 0 Å². The number of hydrogen-bond donors (Lipinski definition) is 1. The molecule has 2 heterocycles. The van der Waals surface area contributed by atoms with Crippen LogP contribution in [-0.4, -0.2) is 54.8 Å². The molecule has 1 aliphatic rings. The molecular formula is C21H27N3O2S. The van der Waals surface area contributed by atoms with Gasteiger partial charge in [0.15, 0.2) is 0 Å². The highest BCUT2D eigenvalue weighted by molar-refractivity contribution is 7.10. The number of carbonyl (C=O) groups is 2. The highest BCUT2D eigenvalue weighted by Gasteiger charge is 2.42. The van der Waals surface area contributed by atoms with E-state index < -0.39 is 5.92 Å². The fraction of sp³-hybridized carbons (Fsp3) is 0.429. The zero-order valence-corrected chi connectivity index (χ0v) is 17.0. The fourth-order valence-corrected chi connectivity index (χ4v) is 4.66. The Balaban J connectivity index is 1.89. The average molecular weight is 386 g/mol. The van der Waals surface area contributed by atoms with Crippen molar-refractivity contribution in [3.8, 4) is 0 Å². The molecule has 2 aromatic rings. The molecule has 6 heteroatoms. The van der Waals surface area contributed by atoms with Gasteiger partial charge in [0.25, 0.3) is 5.91 Å². The number of carbonyl (C=O) groups excluding carboxylic acids is 2. The van der Waals surface area contributed by atoms with Crippen LogP contribution in [0.15, 0.2) is 41.8 Å². The predicted molar refractivity (Wildman–Crippen MR) is 109 cm³/mol. The van der Waals surface area contributed by atoms with Crippen LogP contribution >= 0.6 is 11.3 Å². The third kappa shape index (κ3) is 3.92. The van der Waals surface area contributed by atoms with Crippen molar-refractivity contribution in [3.05, 3.63) is 57.8 Å². The van der Waals surface area contributed by atoms with Gasteiger partial charge in [0.05, 0.1) is 12.0 Å². The van der Waals surface area contributed by atoms with Crippen LogP contribution in [0.2, 0.25) is 0 Å². The van der Waals surface area contributed by atoms with Gasteiger partial charge < -0.3 is 15.1 Å². The monoisotopic (exact) mass is 385 g/mol. The van der Waals surface area contributed by atoms with Crippen molar-refractivity contribution >= 4 is 23.2 Å². The Kier molecular flexibility index (Phi) is 6.29. The Morgan fingerprint density at radius 2 is 1.93 bits per heavy atom. The summed E-state index contributed by atoms with van der Waals surface area (Å²) >= 11 is 1.58. The number of amides is 2. The van der Waals surface area contributed by atoms with E-state index in [1.54, 1.807) is 23.3 Å². The summed E-state index contributed by atoms with van der Waals surface area (Å²) in [6.07, 6.45) is 0. The van der Waals surface area contributed by atoms with Gasteiger partial charge in [0, 0.05) is 30.6 Å². The molecule has 1 aromatic heterocycles. The van der Waals surface area contributed by atoms with E-state index in [4.69, 9.17) is 0 Å². The standard InChI is InChI=1S/C21H27N3O2S/c1-4-24(5-2)13-12-22-20(25)18-15-9-6-7-10-16(15)21(26)23(3)19(18)17-11-8-14-27-17/h6-11,14,18-19H,4-5,12-13H2,1-3H3,(H,22,25)/t18-,19+/m0/s1. The van der Waals surface area contributed by atoms with Gasteiger partial charge in [-0.05, 0) is 36.2 Å². The molecule has 1 N–H and O–H groups in total. The first-order valence-electron chi connectivity index (χ1n) is 9.48. The number of nitrogens with one attached hydrogen (secondary N) is 1. The van der Waals surface area contributed by atoms with Crippen molar-refractivity contribution in [1.82, 2.24) is 15.1 Å². The van der Waals surface area contributed by atoms with Crippen molar-refractivity contribution in [3.63, 3.8) is 0 Å². The highest BCUT2D eigenvalue weighted by Crippen LogP contribution is 2.43. The summed E-state index contributed by atoms with van der Waals surface area (Å²) in [5.74, 6) is -0.456. The summed E-state index contributed by atoms with van der Waals surface area (Å²) in [5.41, 5.74) is 1.44. The van der Waals surface area contributed by atoms with Crippen LogP contribution in [0, 0.1) is 0 Å². The summed E-state index contributed by atoms with van der Waals surface area (Å²) in [6, 6.07) is 11.2. The van der Waals surface area contributed by atoms with E-state index in [2.05, 4.69) is 24.1 Å². The zero-order chi connectivity index (χ0) is 19.4. The SMILES string of the molecule is CCN(CC)CCNC(=O)[C@H]1c2ccccc2C(=O)N(C)[C@@H]1c1cccs1. The van der Waals surface area contributed by atoms with Gasteiger partial charge in [-0.25, -0.2) is 0 Å². The first kappa shape index (κ1) is 19.6. The van der Waals surface area contributed by atoms with Gasteiger partial charge in [0.1, 0.15) is 0 Å².